The first-order valence-electron chi connectivity index (χ1n) is 9.45. The summed E-state index contributed by atoms with van der Waals surface area (Å²) in [7, 11) is 0. The molecule has 0 N–H and O–H groups in total. The predicted octanol–water partition coefficient (Wildman–Crippen LogP) is 2.21. The standard InChI is InChI=1S/C19H28O7/c1-4-19(2,3)18(22)23-9-15(20)24-10-25-16-12-5-11-6-13(8-12)17(21)26-14(16)7-11/h11-14,16H,4-10H2,1-3H3. The van der Waals surface area contributed by atoms with Crippen LogP contribution in [0.3, 0.4) is 0 Å². The van der Waals surface area contributed by atoms with Gasteiger partial charge in [-0.1, -0.05) is 6.92 Å². The third-order valence-electron chi connectivity index (χ3n) is 6.08. The predicted molar refractivity (Wildman–Crippen MR) is 89.7 cm³/mol. The summed E-state index contributed by atoms with van der Waals surface area (Å²) in [6.45, 7) is 4.76. The molecular formula is C19H28O7. The lowest BCUT2D eigenvalue weighted by Crippen LogP contribution is -2.44. The Morgan fingerprint density at radius 2 is 1.92 bits per heavy atom. The first kappa shape index (κ1) is 19.1. The summed E-state index contributed by atoms with van der Waals surface area (Å²) in [5, 5.41) is 0. The number of ether oxygens (including phenoxy) is 4. The van der Waals surface area contributed by atoms with E-state index in [1.165, 1.54) is 0 Å². The Morgan fingerprint density at radius 3 is 2.65 bits per heavy atom. The smallest absolute Gasteiger partial charge is 0.346 e. The minimum absolute atomic E-state index is 0.0127. The quantitative estimate of drug-likeness (QED) is 0.387. The molecule has 7 heteroatoms. The van der Waals surface area contributed by atoms with Crippen LogP contribution in [0.1, 0.15) is 52.9 Å². The molecule has 4 rings (SSSR count). The van der Waals surface area contributed by atoms with Crippen molar-refractivity contribution >= 4 is 17.9 Å². The van der Waals surface area contributed by atoms with Gasteiger partial charge in [0.05, 0.1) is 11.3 Å². The average Bonchev–Trinajstić information content (AvgIpc) is 2.76. The summed E-state index contributed by atoms with van der Waals surface area (Å²) >= 11 is 0. The molecule has 26 heavy (non-hydrogen) atoms. The Balaban J connectivity index is 1.43. The molecule has 0 amide bonds. The van der Waals surface area contributed by atoms with Crippen molar-refractivity contribution in [3.05, 3.63) is 0 Å². The summed E-state index contributed by atoms with van der Waals surface area (Å²) in [5.74, 6) is -0.409. The van der Waals surface area contributed by atoms with E-state index in [0.29, 0.717) is 12.3 Å². The molecule has 2 saturated carbocycles. The Labute approximate surface area is 153 Å². The van der Waals surface area contributed by atoms with Crippen molar-refractivity contribution in [1.29, 1.82) is 0 Å². The molecular weight excluding hydrogens is 340 g/mol. The highest BCUT2D eigenvalue weighted by Crippen LogP contribution is 2.48. The molecule has 0 aromatic rings. The fraction of sp³-hybridized carbons (Fsp3) is 0.842. The highest BCUT2D eigenvalue weighted by Gasteiger charge is 2.50. The number of carbonyl (C=O) groups excluding carboxylic acids is 3. The lowest BCUT2D eigenvalue weighted by atomic mass is 9.67. The lowest BCUT2D eigenvalue weighted by Gasteiger charge is -2.41. The summed E-state index contributed by atoms with van der Waals surface area (Å²) < 4.78 is 21.3. The maximum absolute atomic E-state index is 12.0. The van der Waals surface area contributed by atoms with Crippen molar-refractivity contribution in [2.45, 2.75) is 65.1 Å². The van der Waals surface area contributed by atoms with Gasteiger partial charge in [-0.25, -0.2) is 4.79 Å². The molecule has 0 aromatic heterocycles. The van der Waals surface area contributed by atoms with Crippen LogP contribution in [0.2, 0.25) is 0 Å². The topological polar surface area (TPSA) is 88.1 Å². The molecule has 5 unspecified atom stereocenters. The Kier molecular flexibility index (Phi) is 5.55. The van der Waals surface area contributed by atoms with E-state index in [4.69, 9.17) is 18.9 Å². The van der Waals surface area contributed by atoms with E-state index in [1.54, 1.807) is 13.8 Å². The zero-order valence-corrected chi connectivity index (χ0v) is 15.7. The number of rotatable bonds is 7. The van der Waals surface area contributed by atoms with Crippen molar-refractivity contribution in [3.8, 4) is 0 Å². The van der Waals surface area contributed by atoms with Gasteiger partial charge in [-0.3, -0.25) is 9.59 Å². The van der Waals surface area contributed by atoms with Gasteiger partial charge in [0.25, 0.3) is 0 Å². The normalized spacial score (nSPS) is 32.7. The maximum atomic E-state index is 12.0. The zero-order chi connectivity index (χ0) is 18.9. The van der Waals surface area contributed by atoms with Crippen molar-refractivity contribution < 1.29 is 33.3 Å². The van der Waals surface area contributed by atoms with Gasteiger partial charge in [0.2, 0.25) is 0 Å². The third-order valence-corrected chi connectivity index (χ3v) is 6.08. The lowest BCUT2D eigenvalue weighted by molar-refractivity contribution is -0.189. The summed E-state index contributed by atoms with van der Waals surface area (Å²) in [6.07, 6.45) is 3.71. The molecule has 0 aromatic carbocycles. The minimum Gasteiger partial charge on any atom is -0.459 e. The summed E-state index contributed by atoms with van der Waals surface area (Å²) in [5.41, 5.74) is -0.626. The van der Waals surface area contributed by atoms with E-state index in [1.807, 2.05) is 6.92 Å². The van der Waals surface area contributed by atoms with Crippen molar-refractivity contribution in [2.24, 2.45) is 23.2 Å². The fourth-order valence-corrected chi connectivity index (χ4v) is 4.19. The maximum Gasteiger partial charge on any atom is 0.346 e. The van der Waals surface area contributed by atoms with Crippen LogP contribution in [0, 0.1) is 23.2 Å². The molecule has 2 saturated heterocycles. The Morgan fingerprint density at radius 1 is 1.15 bits per heavy atom. The molecule has 4 aliphatic rings. The van der Waals surface area contributed by atoms with Crippen LogP contribution in [0.5, 0.6) is 0 Å². The number of esters is 3. The van der Waals surface area contributed by atoms with Crippen LogP contribution >= 0.6 is 0 Å². The van der Waals surface area contributed by atoms with Crippen molar-refractivity contribution in [1.82, 2.24) is 0 Å². The molecule has 2 aliphatic heterocycles. The van der Waals surface area contributed by atoms with Crippen molar-refractivity contribution in [3.63, 3.8) is 0 Å². The average molecular weight is 368 g/mol. The monoisotopic (exact) mass is 368 g/mol. The van der Waals surface area contributed by atoms with Crippen LogP contribution in [-0.4, -0.2) is 43.5 Å². The van der Waals surface area contributed by atoms with Crippen LogP contribution in [-0.2, 0) is 33.3 Å². The van der Waals surface area contributed by atoms with E-state index in [-0.39, 0.29) is 36.8 Å². The van der Waals surface area contributed by atoms with Crippen LogP contribution < -0.4 is 0 Å². The Hall–Kier alpha value is -1.63. The van der Waals surface area contributed by atoms with Crippen molar-refractivity contribution in [2.75, 3.05) is 13.4 Å². The summed E-state index contributed by atoms with van der Waals surface area (Å²) in [4.78, 5) is 35.6. The molecule has 0 spiro atoms. The molecule has 4 fully saturated rings. The molecule has 2 aliphatic carbocycles. The second-order valence-corrected chi connectivity index (χ2v) is 8.32. The molecule has 146 valence electrons. The summed E-state index contributed by atoms with van der Waals surface area (Å²) in [6, 6.07) is 0. The molecule has 2 heterocycles. The molecule has 5 atom stereocenters. The molecule has 0 radical (unpaired) electrons. The highest BCUT2D eigenvalue weighted by molar-refractivity contribution is 5.79. The van der Waals surface area contributed by atoms with Gasteiger partial charge in [0.15, 0.2) is 13.4 Å². The van der Waals surface area contributed by atoms with Gasteiger partial charge in [0, 0.05) is 0 Å². The SMILES string of the molecule is CCC(C)(C)C(=O)OCC(=O)OCOC1C2CC3CC(C2)C(=O)OC1C3. The van der Waals surface area contributed by atoms with Gasteiger partial charge in [-0.05, 0) is 57.8 Å². The highest BCUT2D eigenvalue weighted by atomic mass is 16.7. The van der Waals surface area contributed by atoms with Gasteiger partial charge >= 0.3 is 17.9 Å². The van der Waals surface area contributed by atoms with E-state index < -0.39 is 24.0 Å². The second kappa shape index (κ2) is 7.55. The van der Waals surface area contributed by atoms with E-state index in [9.17, 15) is 14.4 Å². The Bertz CT molecular complexity index is 570. The van der Waals surface area contributed by atoms with E-state index in [2.05, 4.69) is 0 Å². The number of hydrogen-bond donors (Lipinski definition) is 0. The zero-order valence-electron chi connectivity index (χ0n) is 15.7. The largest absolute Gasteiger partial charge is 0.459 e. The second-order valence-electron chi connectivity index (χ2n) is 8.32. The number of carbonyl (C=O) groups is 3. The van der Waals surface area contributed by atoms with Gasteiger partial charge in [0.1, 0.15) is 12.2 Å². The van der Waals surface area contributed by atoms with E-state index in [0.717, 1.165) is 25.7 Å². The van der Waals surface area contributed by atoms with Gasteiger partial charge in [-0.2, -0.15) is 0 Å². The fourth-order valence-electron chi connectivity index (χ4n) is 4.19. The first-order chi connectivity index (χ1) is 12.3. The van der Waals surface area contributed by atoms with Crippen LogP contribution in [0.25, 0.3) is 0 Å². The van der Waals surface area contributed by atoms with Gasteiger partial charge in [-0.15, -0.1) is 0 Å². The molecule has 4 bridgehead atoms. The van der Waals surface area contributed by atoms with E-state index >= 15 is 0 Å². The van der Waals surface area contributed by atoms with Gasteiger partial charge < -0.3 is 18.9 Å². The third kappa shape index (κ3) is 4.03. The first-order valence-corrected chi connectivity index (χ1v) is 9.45. The molecule has 7 nitrogen and oxygen atoms in total. The number of hydrogen-bond acceptors (Lipinski definition) is 7. The number of fused-ring (bicyclic) bond motifs is 1. The van der Waals surface area contributed by atoms with Crippen LogP contribution in [0.4, 0.5) is 0 Å². The van der Waals surface area contributed by atoms with Crippen LogP contribution in [0.15, 0.2) is 0 Å². The minimum atomic E-state index is -0.649.